The van der Waals surface area contributed by atoms with Gasteiger partial charge in [0.05, 0.1) is 6.20 Å². The van der Waals surface area contributed by atoms with Crippen LogP contribution in [0.4, 0.5) is 0 Å². The van der Waals surface area contributed by atoms with E-state index in [1.54, 1.807) is 18.6 Å². The number of rotatable bonds is 1. The van der Waals surface area contributed by atoms with Gasteiger partial charge in [-0.15, -0.1) is 4.57 Å². The zero-order valence-corrected chi connectivity index (χ0v) is 5.19. The molecule has 50 valence electrons. The molecule has 0 aromatic carbocycles. The highest BCUT2D eigenvalue weighted by Gasteiger charge is 1.99. The van der Waals surface area contributed by atoms with Crippen molar-refractivity contribution in [2.75, 3.05) is 0 Å². The van der Waals surface area contributed by atoms with Crippen LogP contribution in [0.1, 0.15) is 5.89 Å². The van der Waals surface area contributed by atoms with E-state index in [-0.39, 0.29) is 0 Å². The third kappa shape index (κ3) is 0.556. The maximum absolute atomic E-state index is 5.08. The third-order valence-corrected chi connectivity index (χ3v) is 1.18. The first-order valence-corrected chi connectivity index (χ1v) is 2.82. The van der Waals surface area contributed by atoms with Gasteiger partial charge < -0.3 is 4.52 Å². The topological polar surface area (TPSA) is 43.3 Å². The van der Waals surface area contributed by atoms with Crippen LogP contribution in [0, 0.1) is 0 Å². The SMILES string of the molecule is C=Cc1nc2cncn2o1. The van der Waals surface area contributed by atoms with Gasteiger partial charge in [-0.25, -0.2) is 4.98 Å². The zero-order valence-electron chi connectivity index (χ0n) is 5.19. The van der Waals surface area contributed by atoms with E-state index in [0.29, 0.717) is 11.5 Å². The van der Waals surface area contributed by atoms with Crippen LogP contribution in [0.5, 0.6) is 0 Å². The molecule has 0 spiro atoms. The maximum atomic E-state index is 5.08. The molecule has 2 heterocycles. The average Bonchev–Trinajstić information content (AvgIpc) is 2.42. The Balaban J connectivity index is 2.78. The summed E-state index contributed by atoms with van der Waals surface area (Å²) in [6.07, 6.45) is 4.72. The summed E-state index contributed by atoms with van der Waals surface area (Å²) < 4.78 is 6.57. The number of hydrogen-bond acceptors (Lipinski definition) is 3. The predicted octanol–water partition coefficient (Wildman–Crippen LogP) is 0.965. The Morgan fingerprint density at radius 1 is 1.70 bits per heavy atom. The number of hydrogen-bond donors (Lipinski definition) is 0. The minimum Gasteiger partial charge on any atom is -0.352 e. The summed E-state index contributed by atoms with van der Waals surface area (Å²) in [7, 11) is 0. The quantitative estimate of drug-likeness (QED) is 0.585. The standard InChI is InChI=1S/C6H5N3O/c1-2-6-8-5-3-7-4-9(5)10-6/h2-4H,1H2. The number of aromatic nitrogens is 3. The van der Waals surface area contributed by atoms with Crippen molar-refractivity contribution in [3.8, 4) is 0 Å². The summed E-state index contributed by atoms with van der Waals surface area (Å²) in [4.78, 5) is 7.82. The molecule has 2 aromatic heterocycles. The molecular formula is C6H5N3O. The molecule has 0 unspecified atom stereocenters. The highest BCUT2D eigenvalue weighted by atomic mass is 16.5. The Morgan fingerprint density at radius 2 is 2.60 bits per heavy atom. The Morgan fingerprint density at radius 3 is 3.30 bits per heavy atom. The van der Waals surface area contributed by atoms with Gasteiger partial charge in [-0.2, -0.15) is 4.98 Å². The van der Waals surface area contributed by atoms with Crippen molar-refractivity contribution in [3.63, 3.8) is 0 Å². The molecule has 0 aliphatic carbocycles. The van der Waals surface area contributed by atoms with E-state index in [4.69, 9.17) is 4.52 Å². The summed E-state index contributed by atoms with van der Waals surface area (Å²) in [5.41, 5.74) is 0.704. The molecule has 0 bridgehead atoms. The molecule has 0 fully saturated rings. The first kappa shape index (κ1) is 5.22. The minimum absolute atomic E-state index is 0.511. The molecule has 4 heteroatoms. The molecule has 0 radical (unpaired) electrons. The van der Waals surface area contributed by atoms with E-state index in [1.807, 2.05) is 0 Å². The second kappa shape index (κ2) is 1.70. The Hall–Kier alpha value is -1.58. The molecule has 2 rings (SSSR count). The zero-order chi connectivity index (χ0) is 6.97. The summed E-state index contributed by atoms with van der Waals surface area (Å²) in [6, 6.07) is 0. The number of fused-ring (bicyclic) bond motifs is 1. The lowest BCUT2D eigenvalue weighted by molar-refractivity contribution is 0.365. The number of imidazole rings is 1. The van der Waals surface area contributed by atoms with Gasteiger partial charge in [0.25, 0.3) is 0 Å². The van der Waals surface area contributed by atoms with Crippen LogP contribution < -0.4 is 0 Å². The van der Waals surface area contributed by atoms with E-state index < -0.39 is 0 Å². The highest BCUT2D eigenvalue weighted by Crippen LogP contribution is 2.03. The van der Waals surface area contributed by atoms with E-state index in [1.165, 1.54) is 4.57 Å². The van der Waals surface area contributed by atoms with Crippen molar-refractivity contribution < 1.29 is 4.52 Å². The van der Waals surface area contributed by atoms with Gasteiger partial charge in [-0.05, 0) is 6.08 Å². The van der Waals surface area contributed by atoms with Crippen molar-refractivity contribution in [2.24, 2.45) is 0 Å². The molecule has 0 atom stereocenters. The van der Waals surface area contributed by atoms with Gasteiger partial charge in [0.2, 0.25) is 5.89 Å². The Labute approximate surface area is 56.8 Å². The molecule has 4 nitrogen and oxygen atoms in total. The Kier molecular flexibility index (Phi) is 0.887. The largest absolute Gasteiger partial charge is 0.352 e. The lowest BCUT2D eigenvalue weighted by atomic mass is 10.6. The van der Waals surface area contributed by atoms with Crippen LogP contribution >= 0.6 is 0 Å². The highest BCUT2D eigenvalue weighted by molar-refractivity contribution is 5.41. The van der Waals surface area contributed by atoms with Gasteiger partial charge >= 0.3 is 0 Å². The minimum atomic E-state index is 0.511. The van der Waals surface area contributed by atoms with Gasteiger partial charge in [-0.3, -0.25) is 0 Å². The number of nitrogens with zero attached hydrogens (tertiary/aromatic N) is 3. The van der Waals surface area contributed by atoms with E-state index >= 15 is 0 Å². The van der Waals surface area contributed by atoms with Gasteiger partial charge in [0.1, 0.15) is 6.33 Å². The van der Waals surface area contributed by atoms with Gasteiger partial charge in [-0.1, -0.05) is 6.58 Å². The van der Waals surface area contributed by atoms with E-state index in [2.05, 4.69) is 16.5 Å². The molecule has 2 aromatic rings. The molecule has 0 aliphatic heterocycles. The first-order valence-electron chi connectivity index (χ1n) is 2.82. The summed E-state index contributed by atoms with van der Waals surface area (Å²) >= 11 is 0. The van der Waals surface area contributed by atoms with Crippen LogP contribution in [0.15, 0.2) is 23.6 Å². The van der Waals surface area contributed by atoms with Crippen LogP contribution in [0.2, 0.25) is 0 Å². The third-order valence-electron chi connectivity index (χ3n) is 1.18. The fourth-order valence-electron chi connectivity index (χ4n) is 0.742. The fraction of sp³-hybridized carbons (Fsp3) is 0. The van der Waals surface area contributed by atoms with E-state index in [0.717, 1.165) is 0 Å². The molecule has 0 saturated heterocycles. The normalized spacial score (nSPS) is 10.4. The summed E-state index contributed by atoms with van der Waals surface area (Å²) in [5.74, 6) is 0.511. The summed E-state index contributed by atoms with van der Waals surface area (Å²) in [5, 5.41) is 0. The molecule has 0 amide bonds. The lowest BCUT2D eigenvalue weighted by Crippen LogP contribution is -1.68. The molecule has 0 N–H and O–H groups in total. The van der Waals surface area contributed by atoms with Crippen LogP contribution in [-0.2, 0) is 0 Å². The molecule has 0 aliphatic rings. The summed E-state index contributed by atoms with van der Waals surface area (Å²) in [6.45, 7) is 3.52. The van der Waals surface area contributed by atoms with Gasteiger partial charge in [0.15, 0.2) is 5.65 Å². The second-order valence-electron chi connectivity index (χ2n) is 1.82. The molecule has 10 heavy (non-hydrogen) atoms. The van der Waals surface area contributed by atoms with Crippen molar-refractivity contribution in [3.05, 3.63) is 25.0 Å². The lowest BCUT2D eigenvalue weighted by Gasteiger charge is -1.75. The predicted molar refractivity (Wildman–Crippen MR) is 35.3 cm³/mol. The van der Waals surface area contributed by atoms with Crippen molar-refractivity contribution in [1.29, 1.82) is 0 Å². The smallest absolute Gasteiger partial charge is 0.248 e. The van der Waals surface area contributed by atoms with Crippen molar-refractivity contribution in [2.45, 2.75) is 0 Å². The first-order chi connectivity index (χ1) is 4.90. The monoisotopic (exact) mass is 135 g/mol. The fourth-order valence-corrected chi connectivity index (χ4v) is 0.742. The molecular weight excluding hydrogens is 130 g/mol. The van der Waals surface area contributed by atoms with Gasteiger partial charge in [0, 0.05) is 0 Å². The second-order valence-corrected chi connectivity index (χ2v) is 1.82. The van der Waals surface area contributed by atoms with Crippen molar-refractivity contribution >= 4 is 11.7 Å². The van der Waals surface area contributed by atoms with Crippen LogP contribution in [-0.4, -0.2) is 14.5 Å². The van der Waals surface area contributed by atoms with Crippen LogP contribution in [0.25, 0.3) is 11.7 Å². The average molecular weight is 135 g/mol. The Bertz CT molecular complexity index is 331. The maximum Gasteiger partial charge on any atom is 0.248 e. The van der Waals surface area contributed by atoms with E-state index in [9.17, 15) is 0 Å². The van der Waals surface area contributed by atoms with Crippen LogP contribution in [0.3, 0.4) is 0 Å². The van der Waals surface area contributed by atoms with Crippen molar-refractivity contribution in [1.82, 2.24) is 14.5 Å². The molecule has 0 saturated carbocycles.